The zero-order chi connectivity index (χ0) is 13.8. The van der Waals surface area contributed by atoms with Crippen molar-refractivity contribution in [3.63, 3.8) is 0 Å². The molecule has 0 radical (unpaired) electrons. The van der Waals surface area contributed by atoms with Gasteiger partial charge in [-0.2, -0.15) is 5.26 Å². The molecule has 0 amide bonds. The molecule has 0 aliphatic carbocycles. The average Bonchev–Trinajstić information content (AvgIpc) is 2.42. The van der Waals surface area contributed by atoms with Gasteiger partial charge in [-0.3, -0.25) is 4.79 Å². The molecule has 0 bridgehead atoms. The summed E-state index contributed by atoms with van der Waals surface area (Å²) in [7, 11) is 0. The molecule has 1 unspecified atom stereocenters. The third kappa shape index (κ3) is 2.69. The number of ketones is 1. The lowest BCUT2D eigenvalue weighted by Gasteiger charge is -2.09. The molecule has 2 nitrogen and oxygen atoms in total. The van der Waals surface area contributed by atoms with E-state index in [1.165, 1.54) is 18.2 Å². The van der Waals surface area contributed by atoms with Crippen LogP contribution < -0.4 is 0 Å². The molecule has 0 saturated carbocycles. The summed E-state index contributed by atoms with van der Waals surface area (Å²) in [5, 5.41) is 9.15. The number of halogens is 1. The lowest BCUT2D eigenvalue weighted by Crippen LogP contribution is -2.12. The first kappa shape index (κ1) is 13.0. The van der Waals surface area contributed by atoms with Gasteiger partial charge in [0.25, 0.3) is 0 Å². The largest absolute Gasteiger partial charge is 0.292 e. The minimum atomic E-state index is -1.11. The molecule has 0 fully saturated rings. The topological polar surface area (TPSA) is 40.9 Å². The number of hydrogen-bond donors (Lipinski definition) is 0. The second-order valence-electron chi connectivity index (χ2n) is 4.31. The highest BCUT2D eigenvalue weighted by Gasteiger charge is 2.24. The molecular weight excluding hydrogens is 241 g/mol. The van der Waals surface area contributed by atoms with E-state index in [9.17, 15) is 9.18 Å². The van der Waals surface area contributed by atoms with Crippen LogP contribution in [0.25, 0.3) is 0 Å². The number of rotatable bonds is 3. The van der Waals surface area contributed by atoms with Crippen LogP contribution in [0.4, 0.5) is 4.39 Å². The fourth-order valence-corrected chi connectivity index (χ4v) is 1.86. The Morgan fingerprint density at radius 1 is 1.16 bits per heavy atom. The second-order valence-corrected chi connectivity index (χ2v) is 4.31. The Kier molecular flexibility index (Phi) is 3.72. The van der Waals surface area contributed by atoms with Gasteiger partial charge < -0.3 is 0 Å². The molecule has 0 aliphatic heterocycles. The number of carbonyl (C=O) groups excluding carboxylic acids is 1. The van der Waals surface area contributed by atoms with Gasteiger partial charge in [0.15, 0.2) is 5.78 Å². The van der Waals surface area contributed by atoms with E-state index in [4.69, 9.17) is 5.26 Å². The van der Waals surface area contributed by atoms with Gasteiger partial charge in [0, 0.05) is 11.1 Å². The molecule has 0 aliphatic rings. The molecule has 2 rings (SSSR count). The first-order valence-electron chi connectivity index (χ1n) is 5.88. The Bertz CT molecular complexity index is 641. The van der Waals surface area contributed by atoms with E-state index in [2.05, 4.69) is 0 Å². The average molecular weight is 253 g/mol. The molecule has 1 atom stereocenters. The molecule has 0 saturated heterocycles. The summed E-state index contributed by atoms with van der Waals surface area (Å²) in [6.07, 6.45) is 0. The highest BCUT2D eigenvalue weighted by molar-refractivity contribution is 6.02. The van der Waals surface area contributed by atoms with Gasteiger partial charge in [-0.25, -0.2) is 4.39 Å². The molecule has 2 aromatic carbocycles. The standard InChI is InChI=1S/C16H12FNO/c1-11-6-8-12(9-7-11)16(19)14(10-18)13-4-2-3-5-15(13)17/h2-9,14H,1H3. The normalized spacial score (nSPS) is 11.6. The van der Waals surface area contributed by atoms with Crippen LogP contribution in [0, 0.1) is 24.1 Å². The number of Topliss-reactive ketones (excluding diaryl/α,β-unsaturated/α-hetero) is 1. The summed E-state index contributed by atoms with van der Waals surface area (Å²) in [4.78, 5) is 12.3. The van der Waals surface area contributed by atoms with Gasteiger partial charge in [-0.05, 0) is 13.0 Å². The van der Waals surface area contributed by atoms with Crippen LogP contribution in [-0.4, -0.2) is 5.78 Å². The maximum atomic E-state index is 13.7. The van der Waals surface area contributed by atoms with Crippen molar-refractivity contribution in [3.05, 3.63) is 71.0 Å². The summed E-state index contributed by atoms with van der Waals surface area (Å²) < 4.78 is 13.7. The minimum Gasteiger partial charge on any atom is -0.292 e. The SMILES string of the molecule is Cc1ccc(C(=O)C(C#N)c2ccccc2F)cc1. The number of benzene rings is 2. The number of nitrogens with zero attached hydrogens (tertiary/aromatic N) is 1. The maximum absolute atomic E-state index is 13.7. The van der Waals surface area contributed by atoms with E-state index in [1.54, 1.807) is 30.3 Å². The predicted octanol–water partition coefficient (Wildman–Crippen LogP) is 3.62. The van der Waals surface area contributed by atoms with Crippen molar-refractivity contribution in [1.82, 2.24) is 0 Å². The molecule has 19 heavy (non-hydrogen) atoms. The third-order valence-electron chi connectivity index (χ3n) is 2.94. The fraction of sp³-hybridized carbons (Fsp3) is 0.125. The molecule has 0 aromatic heterocycles. The maximum Gasteiger partial charge on any atom is 0.184 e. The van der Waals surface area contributed by atoms with E-state index >= 15 is 0 Å². The zero-order valence-electron chi connectivity index (χ0n) is 10.4. The first-order valence-corrected chi connectivity index (χ1v) is 5.88. The Morgan fingerprint density at radius 2 is 1.79 bits per heavy atom. The fourth-order valence-electron chi connectivity index (χ4n) is 1.86. The zero-order valence-corrected chi connectivity index (χ0v) is 10.4. The van der Waals surface area contributed by atoms with Crippen molar-refractivity contribution in [1.29, 1.82) is 5.26 Å². The van der Waals surface area contributed by atoms with Crippen molar-refractivity contribution in [2.24, 2.45) is 0 Å². The van der Waals surface area contributed by atoms with Crippen LogP contribution in [0.2, 0.25) is 0 Å². The molecule has 0 N–H and O–H groups in total. The second kappa shape index (κ2) is 5.45. The van der Waals surface area contributed by atoms with Gasteiger partial charge in [-0.1, -0.05) is 48.0 Å². The van der Waals surface area contributed by atoms with Crippen LogP contribution in [0.15, 0.2) is 48.5 Å². The van der Waals surface area contributed by atoms with Crippen LogP contribution in [0.3, 0.4) is 0 Å². The van der Waals surface area contributed by atoms with Crippen molar-refractivity contribution in [3.8, 4) is 6.07 Å². The minimum absolute atomic E-state index is 0.121. The number of nitriles is 1. The molecule has 94 valence electrons. The van der Waals surface area contributed by atoms with E-state index in [0.717, 1.165) is 5.56 Å². The quantitative estimate of drug-likeness (QED) is 0.784. The van der Waals surface area contributed by atoms with Crippen LogP contribution >= 0.6 is 0 Å². The predicted molar refractivity (Wildman–Crippen MR) is 70.3 cm³/mol. The van der Waals surface area contributed by atoms with E-state index in [-0.39, 0.29) is 11.3 Å². The van der Waals surface area contributed by atoms with Gasteiger partial charge >= 0.3 is 0 Å². The van der Waals surface area contributed by atoms with Crippen molar-refractivity contribution >= 4 is 5.78 Å². The Balaban J connectivity index is 2.38. The van der Waals surface area contributed by atoms with E-state index in [0.29, 0.717) is 5.56 Å². The summed E-state index contributed by atoms with van der Waals surface area (Å²) in [6, 6.07) is 14.7. The summed E-state index contributed by atoms with van der Waals surface area (Å²) in [5.74, 6) is -2.02. The number of aryl methyl sites for hydroxylation is 1. The Labute approximate surface area is 111 Å². The van der Waals surface area contributed by atoms with Gasteiger partial charge in [0.2, 0.25) is 0 Å². The Morgan fingerprint density at radius 3 is 2.37 bits per heavy atom. The number of carbonyl (C=O) groups is 1. The van der Waals surface area contributed by atoms with E-state index < -0.39 is 11.7 Å². The third-order valence-corrected chi connectivity index (χ3v) is 2.94. The number of hydrogen-bond acceptors (Lipinski definition) is 2. The summed E-state index contributed by atoms with van der Waals surface area (Å²) in [5.41, 5.74) is 1.56. The first-order chi connectivity index (χ1) is 9.13. The van der Waals surface area contributed by atoms with Crippen molar-refractivity contribution < 1.29 is 9.18 Å². The van der Waals surface area contributed by atoms with Gasteiger partial charge in [-0.15, -0.1) is 0 Å². The molecule has 2 aromatic rings. The summed E-state index contributed by atoms with van der Waals surface area (Å²) in [6.45, 7) is 1.91. The highest BCUT2D eigenvalue weighted by atomic mass is 19.1. The van der Waals surface area contributed by atoms with Crippen LogP contribution in [-0.2, 0) is 0 Å². The van der Waals surface area contributed by atoms with Gasteiger partial charge in [0.05, 0.1) is 6.07 Å². The molecular formula is C16H12FNO. The Hall–Kier alpha value is -2.47. The highest BCUT2D eigenvalue weighted by Crippen LogP contribution is 2.23. The molecule has 3 heteroatoms. The van der Waals surface area contributed by atoms with Crippen LogP contribution in [0.1, 0.15) is 27.4 Å². The smallest absolute Gasteiger partial charge is 0.184 e. The van der Waals surface area contributed by atoms with Crippen molar-refractivity contribution in [2.75, 3.05) is 0 Å². The van der Waals surface area contributed by atoms with E-state index in [1.807, 2.05) is 13.0 Å². The van der Waals surface area contributed by atoms with Gasteiger partial charge in [0.1, 0.15) is 11.7 Å². The lowest BCUT2D eigenvalue weighted by molar-refractivity contribution is 0.0977. The molecule has 0 spiro atoms. The monoisotopic (exact) mass is 253 g/mol. The lowest BCUT2D eigenvalue weighted by atomic mass is 9.91. The van der Waals surface area contributed by atoms with Crippen molar-refractivity contribution in [2.45, 2.75) is 12.8 Å². The molecule has 0 heterocycles. The summed E-state index contributed by atoms with van der Waals surface area (Å²) >= 11 is 0. The van der Waals surface area contributed by atoms with Crippen LogP contribution in [0.5, 0.6) is 0 Å².